The minimum Gasteiger partial charge on any atom is -0.432 e. The largest absolute Gasteiger partial charge is 0.432 e. The number of nitrogens with zero attached hydrogens (tertiary/aromatic N) is 3. The Morgan fingerprint density at radius 1 is 1.30 bits per heavy atom. The molecule has 0 saturated heterocycles. The topological polar surface area (TPSA) is 97.0 Å². The van der Waals surface area contributed by atoms with Gasteiger partial charge in [0.25, 0.3) is 0 Å². The average Bonchev–Trinajstić information content (AvgIpc) is 3.08. The highest BCUT2D eigenvalue weighted by Gasteiger charge is 2.39. The first kappa shape index (κ1) is 27.2. The van der Waals surface area contributed by atoms with Crippen LogP contribution in [0.4, 0.5) is 26.3 Å². The monoisotopic (exact) mass is 610 g/mol. The van der Waals surface area contributed by atoms with E-state index in [1.165, 1.54) is 10.8 Å². The molecular formula is C22H17BrF6N4O3S. The molecular weight excluding hydrogens is 594 g/mol. The molecule has 3 aromatic rings. The molecule has 7 nitrogen and oxygen atoms in total. The van der Waals surface area contributed by atoms with Crippen molar-refractivity contribution >= 4 is 36.9 Å². The van der Waals surface area contributed by atoms with Crippen LogP contribution in [0.25, 0.3) is 22.3 Å². The Balaban J connectivity index is 1.88. The van der Waals surface area contributed by atoms with E-state index in [9.17, 15) is 40.0 Å². The third kappa shape index (κ3) is 5.01. The van der Waals surface area contributed by atoms with E-state index in [4.69, 9.17) is 0 Å². The van der Waals surface area contributed by atoms with E-state index < -0.39 is 45.3 Å². The van der Waals surface area contributed by atoms with Crippen molar-refractivity contribution in [3.8, 4) is 23.2 Å². The highest BCUT2D eigenvalue weighted by atomic mass is 79.9. The zero-order valence-electron chi connectivity index (χ0n) is 18.8. The van der Waals surface area contributed by atoms with Gasteiger partial charge in [-0.2, -0.15) is 31.9 Å². The second-order valence-corrected chi connectivity index (χ2v) is 10.8. The zero-order valence-corrected chi connectivity index (χ0v) is 21.2. The maximum absolute atomic E-state index is 14.8. The molecule has 0 radical (unpaired) electrons. The van der Waals surface area contributed by atoms with Crippen LogP contribution in [0.15, 0.2) is 33.8 Å². The van der Waals surface area contributed by atoms with E-state index in [-0.39, 0.29) is 38.4 Å². The first-order chi connectivity index (χ1) is 17.3. The number of nitriles is 1. The minimum absolute atomic E-state index is 0.0526. The fourth-order valence-corrected chi connectivity index (χ4v) is 5.76. The first-order valence-corrected chi connectivity index (χ1v) is 13.0. The maximum atomic E-state index is 14.8. The minimum atomic E-state index is -4.80. The third-order valence-electron chi connectivity index (χ3n) is 6.02. The molecule has 0 amide bonds. The predicted octanol–water partition coefficient (Wildman–Crippen LogP) is 6.03. The number of benzene rings is 1. The standard InChI is InChI=1S/C22H17BrF6N4O3S/c1-10(22(27,28)29)32-37(34,35)12-5-6-14(31-9-12)20-13(8-30)17-15(33(20)11-3-2-4-11)7-16(36-21(25)26)19(24)18(17)23/h5-7,9-11,21,32H,2-4H2,1H3. The van der Waals surface area contributed by atoms with E-state index in [1.54, 1.807) is 4.57 Å². The van der Waals surface area contributed by atoms with Crippen molar-refractivity contribution in [2.24, 2.45) is 0 Å². The normalized spacial score (nSPS) is 15.6. The summed E-state index contributed by atoms with van der Waals surface area (Å²) < 4.78 is 111. The molecule has 1 fully saturated rings. The fourth-order valence-electron chi connectivity index (χ4n) is 3.99. The van der Waals surface area contributed by atoms with E-state index >= 15 is 0 Å². The Labute approximate surface area is 215 Å². The summed E-state index contributed by atoms with van der Waals surface area (Å²) in [6.07, 6.45) is -1.81. The lowest BCUT2D eigenvalue weighted by Crippen LogP contribution is -2.42. The van der Waals surface area contributed by atoms with Gasteiger partial charge in [-0.15, -0.1) is 0 Å². The molecule has 1 aliphatic carbocycles. The van der Waals surface area contributed by atoms with Crippen molar-refractivity contribution in [3.63, 3.8) is 0 Å². The van der Waals surface area contributed by atoms with Gasteiger partial charge in [0, 0.05) is 23.7 Å². The second kappa shape index (κ2) is 9.80. The van der Waals surface area contributed by atoms with Crippen molar-refractivity contribution in [1.29, 1.82) is 5.26 Å². The van der Waals surface area contributed by atoms with Crippen LogP contribution < -0.4 is 9.46 Å². The van der Waals surface area contributed by atoms with Gasteiger partial charge in [0.2, 0.25) is 10.0 Å². The number of aromatic nitrogens is 2. The number of nitrogens with one attached hydrogen (secondary N) is 1. The Kier molecular flexibility index (Phi) is 7.21. The summed E-state index contributed by atoms with van der Waals surface area (Å²) in [6, 6.07) is 2.72. The van der Waals surface area contributed by atoms with Gasteiger partial charge in [0.1, 0.15) is 17.0 Å². The Morgan fingerprint density at radius 2 is 1.97 bits per heavy atom. The summed E-state index contributed by atoms with van der Waals surface area (Å²) in [5.74, 6) is -1.87. The fraction of sp³-hybridized carbons (Fsp3) is 0.364. The lowest BCUT2D eigenvalue weighted by Gasteiger charge is -2.30. The highest BCUT2D eigenvalue weighted by molar-refractivity contribution is 9.10. The Morgan fingerprint density at radius 3 is 2.46 bits per heavy atom. The van der Waals surface area contributed by atoms with Crippen LogP contribution in [0.2, 0.25) is 0 Å². The van der Waals surface area contributed by atoms with Crippen LogP contribution in [0.5, 0.6) is 5.75 Å². The van der Waals surface area contributed by atoms with Gasteiger partial charge in [-0.25, -0.2) is 12.8 Å². The van der Waals surface area contributed by atoms with E-state index in [1.807, 2.05) is 6.07 Å². The van der Waals surface area contributed by atoms with Crippen LogP contribution in [0.3, 0.4) is 0 Å². The van der Waals surface area contributed by atoms with Crippen LogP contribution in [0, 0.1) is 17.1 Å². The molecule has 198 valence electrons. The molecule has 0 aliphatic heterocycles. The maximum Gasteiger partial charge on any atom is 0.404 e. The number of hydrogen-bond acceptors (Lipinski definition) is 5. The summed E-state index contributed by atoms with van der Waals surface area (Å²) in [5, 5.41) is 10.0. The summed E-state index contributed by atoms with van der Waals surface area (Å²) in [6.45, 7) is -2.65. The van der Waals surface area contributed by atoms with Gasteiger partial charge in [-0.3, -0.25) is 4.98 Å². The molecule has 0 bridgehead atoms. The molecule has 1 atom stereocenters. The number of alkyl halides is 5. The van der Waals surface area contributed by atoms with E-state index in [0.29, 0.717) is 19.8 Å². The average molecular weight is 611 g/mol. The molecule has 1 unspecified atom stereocenters. The number of rotatable bonds is 7. The molecule has 37 heavy (non-hydrogen) atoms. The van der Waals surface area contributed by atoms with E-state index in [2.05, 4.69) is 25.7 Å². The second-order valence-electron chi connectivity index (χ2n) is 8.33. The SMILES string of the molecule is CC(NS(=O)(=O)c1ccc(-c2c(C#N)c3c(Br)c(F)c(OC(F)F)cc3n2C2CCC2)nc1)C(F)(F)F. The van der Waals surface area contributed by atoms with Gasteiger partial charge in [0.15, 0.2) is 11.6 Å². The van der Waals surface area contributed by atoms with Crippen molar-refractivity contribution in [2.45, 2.75) is 56.0 Å². The number of fused-ring (bicyclic) bond motifs is 1. The predicted molar refractivity (Wildman–Crippen MR) is 123 cm³/mol. The lowest BCUT2D eigenvalue weighted by molar-refractivity contribution is -0.147. The van der Waals surface area contributed by atoms with Gasteiger partial charge in [-0.05, 0) is 54.2 Å². The van der Waals surface area contributed by atoms with Crippen LogP contribution in [-0.4, -0.2) is 36.8 Å². The lowest BCUT2D eigenvalue weighted by atomic mass is 9.92. The van der Waals surface area contributed by atoms with Gasteiger partial charge in [0.05, 0.1) is 26.9 Å². The molecule has 1 N–H and O–H groups in total. The molecule has 1 aliphatic rings. The number of sulfonamides is 1. The number of ether oxygens (including phenoxy) is 1. The smallest absolute Gasteiger partial charge is 0.404 e. The zero-order chi connectivity index (χ0) is 27.3. The van der Waals surface area contributed by atoms with E-state index in [0.717, 1.165) is 24.8 Å². The van der Waals surface area contributed by atoms with Crippen LogP contribution >= 0.6 is 15.9 Å². The van der Waals surface area contributed by atoms with Crippen molar-refractivity contribution in [1.82, 2.24) is 14.3 Å². The van der Waals surface area contributed by atoms with Crippen molar-refractivity contribution < 1.29 is 39.5 Å². The summed E-state index contributed by atoms with van der Waals surface area (Å²) >= 11 is 3.03. The van der Waals surface area contributed by atoms with Gasteiger partial charge in [-0.1, -0.05) is 0 Å². The van der Waals surface area contributed by atoms with Crippen molar-refractivity contribution in [3.05, 3.63) is 40.2 Å². The summed E-state index contributed by atoms with van der Waals surface area (Å²) in [7, 11) is -4.58. The third-order valence-corrected chi connectivity index (χ3v) is 8.29. The molecule has 1 aromatic carbocycles. The quantitative estimate of drug-likeness (QED) is 0.329. The van der Waals surface area contributed by atoms with Crippen molar-refractivity contribution in [2.75, 3.05) is 0 Å². The van der Waals surface area contributed by atoms with Gasteiger partial charge >= 0.3 is 12.8 Å². The van der Waals surface area contributed by atoms with Crippen LogP contribution in [-0.2, 0) is 10.0 Å². The number of pyridine rings is 1. The number of hydrogen-bond donors (Lipinski definition) is 1. The molecule has 2 aromatic heterocycles. The molecule has 1 saturated carbocycles. The van der Waals surface area contributed by atoms with Gasteiger partial charge < -0.3 is 9.30 Å². The first-order valence-electron chi connectivity index (χ1n) is 10.7. The molecule has 0 spiro atoms. The number of halogens is 7. The molecule has 15 heteroatoms. The van der Waals surface area contributed by atoms with Crippen LogP contribution in [0.1, 0.15) is 37.8 Å². The molecule has 2 heterocycles. The Bertz CT molecular complexity index is 1500. The Hall–Kier alpha value is -2.83. The summed E-state index contributed by atoms with van der Waals surface area (Å²) in [5.41, 5.74) is 0.422. The highest BCUT2D eigenvalue weighted by Crippen LogP contribution is 2.46. The molecule has 4 rings (SSSR count). The summed E-state index contributed by atoms with van der Waals surface area (Å²) in [4.78, 5) is 3.54.